The van der Waals surface area contributed by atoms with Crippen LogP contribution in [0.3, 0.4) is 0 Å². The van der Waals surface area contributed by atoms with Gasteiger partial charge in [0, 0.05) is 6.42 Å². The summed E-state index contributed by atoms with van der Waals surface area (Å²) >= 11 is 1.49. The Kier molecular flexibility index (Phi) is 6.79. The third kappa shape index (κ3) is 4.86. The van der Waals surface area contributed by atoms with Crippen LogP contribution in [0.2, 0.25) is 0 Å². The third-order valence-electron chi connectivity index (χ3n) is 9.85. The summed E-state index contributed by atoms with van der Waals surface area (Å²) in [5, 5.41) is 17.3. The quantitative estimate of drug-likeness (QED) is 0.444. The van der Waals surface area contributed by atoms with E-state index < -0.39 is 15.9 Å². The lowest BCUT2D eigenvalue weighted by atomic mass is 9.53. The van der Waals surface area contributed by atoms with Gasteiger partial charge in [-0.25, -0.2) is 0 Å². The molecule has 2 aromatic carbocycles. The fourth-order valence-electron chi connectivity index (χ4n) is 7.79. The molecule has 0 unspecified atom stereocenters. The van der Waals surface area contributed by atoms with Gasteiger partial charge in [-0.3, -0.25) is 0 Å². The van der Waals surface area contributed by atoms with E-state index in [2.05, 4.69) is 58.0 Å². The third-order valence-corrected chi connectivity index (χ3v) is 11.0. The van der Waals surface area contributed by atoms with Crippen LogP contribution in [0.15, 0.2) is 41.3 Å². The number of benzene rings is 2. The second kappa shape index (κ2) is 9.29. The molecule has 5 rings (SSSR count). The summed E-state index contributed by atoms with van der Waals surface area (Å²) in [6.45, 7) is 9.04. The number of hydrogen-bond acceptors (Lipinski definition) is 5. The number of hydrogen-bond donors (Lipinski definition) is 2. The first-order valence-corrected chi connectivity index (χ1v) is 16.2. The van der Waals surface area contributed by atoms with E-state index in [9.17, 15) is 13.5 Å². The van der Waals surface area contributed by atoms with Crippen molar-refractivity contribution in [2.24, 2.45) is 22.4 Å². The average molecular weight is 544 g/mol. The molecule has 0 bridgehead atoms. The molecule has 0 aliphatic heterocycles. The highest BCUT2D eigenvalue weighted by atomic mass is 32.2. The summed E-state index contributed by atoms with van der Waals surface area (Å²) in [4.78, 5) is 0.809. The van der Waals surface area contributed by atoms with E-state index in [1.165, 1.54) is 34.0 Å². The molecular formula is C30H41NO4S2. The molecule has 5 nitrogen and oxygen atoms in total. The SMILES string of the molecule is CSc1cc2c(cc1OS(N)(=O)=O)CC[C@@H]1[C@@H]2CC[C@@]2(C)[C@H]1CC[C@@]2(O)Cc1ccc(C(C)(C)C)cc1. The lowest BCUT2D eigenvalue weighted by Crippen LogP contribution is -2.51. The molecule has 3 aliphatic carbocycles. The minimum absolute atomic E-state index is 0.104. The molecule has 0 radical (unpaired) electrons. The highest BCUT2D eigenvalue weighted by Gasteiger charge is 2.61. The maximum absolute atomic E-state index is 12.2. The second-order valence-corrected chi connectivity index (χ2v) is 14.8. The maximum atomic E-state index is 12.2. The van der Waals surface area contributed by atoms with Crippen LogP contribution in [0.4, 0.5) is 0 Å². The molecule has 0 amide bonds. The van der Waals surface area contributed by atoms with E-state index in [1.807, 2.05) is 12.3 Å². The van der Waals surface area contributed by atoms with Crippen LogP contribution in [0.1, 0.15) is 88.0 Å². The summed E-state index contributed by atoms with van der Waals surface area (Å²) in [5.41, 5.74) is 4.38. The molecule has 3 aliphatic rings. The van der Waals surface area contributed by atoms with Crippen LogP contribution in [0.5, 0.6) is 5.75 Å². The summed E-state index contributed by atoms with van der Waals surface area (Å²) < 4.78 is 28.3. The Balaban J connectivity index is 1.40. The predicted octanol–water partition coefficient (Wildman–Crippen LogP) is 6.12. The highest BCUT2D eigenvalue weighted by molar-refractivity contribution is 7.98. The van der Waals surface area contributed by atoms with Gasteiger partial charge >= 0.3 is 10.3 Å². The number of thioether (sulfide) groups is 1. The number of aryl methyl sites for hydroxylation is 1. The fourth-order valence-corrected chi connectivity index (χ4v) is 8.78. The maximum Gasteiger partial charge on any atom is 0.380 e. The largest absolute Gasteiger partial charge is 0.389 e. The van der Waals surface area contributed by atoms with Gasteiger partial charge in [0.25, 0.3) is 0 Å². The van der Waals surface area contributed by atoms with E-state index in [4.69, 9.17) is 9.32 Å². The van der Waals surface area contributed by atoms with Crippen LogP contribution < -0.4 is 9.32 Å². The molecule has 0 saturated heterocycles. The molecular weight excluding hydrogens is 502 g/mol. The standard InChI is InChI=1S/C30H41NO4S2/c1-28(2,3)21-9-6-19(7-10-21)18-30(32)15-13-25-23-11-8-20-16-26(35-37(31,33)34)27(36-5)17-24(20)22(23)12-14-29(25,30)4/h6-7,9-10,16-17,22-23,25,32H,8,11-15,18H2,1-5H3,(H2,31,33,34)/t22-,23+,25-,29-,30+/m0/s1. The van der Waals surface area contributed by atoms with Crippen LogP contribution >= 0.6 is 11.8 Å². The summed E-state index contributed by atoms with van der Waals surface area (Å²) in [5.74, 6) is 1.78. The molecule has 0 spiro atoms. The van der Waals surface area contributed by atoms with Crippen molar-refractivity contribution < 1.29 is 17.7 Å². The predicted molar refractivity (Wildman–Crippen MR) is 150 cm³/mol. The van der Waals surface area contributed by atoms with Crippen molar-refractivity contribution in [1.82, 2.24) is 0 Å². The van der Waals surface area contributed by atoms with E-state index in [1.54, 1.807) is 0 Å². The van der Waals surface area contributed by atoms with E-state index in [-0.39, 0.29) is 10.8 Å². The Morgan fingerprint density at radius 3 is 2.43 bits per heavy atom. The second-order valence-electron chi connectivity index (χ2n) is 12.8. The van der Waals surface area contributed by atoms with Crippen molar-refractivity contribution in [2.75, 3.05) is 6.26 Å². The van der Waals surface area contributed by atoms with Crippen LogP contribution in [-0.4, -0.2) is 25.4 Å². The number of rotatable bonds is 5. The first-order chi connectivity index (χ1) is 17.2. The van der Waals surface area contributed by atoms with Crippen molar-refractivity contribution in [2.45, 2.75) is 94.5 Å². The van der Waals surface area contributed by atoms with Crippen molar-refractivity contribution in [3.8, 4) is 5.75 Å². The van der Waals surface area contributed by atoms with Crippen molar-refractivity contribution in [1.29, 1.82) is 0 Å². The summed E-state index contributed by atoms with van der Waals surface area (Å²) in [6, 6.07) is 12.9. The molecule has 0 heterocycles. The number of fused-ring (bicyclic) bond motifs is 5. The van der Waals surface area contributed by atoms with Crippen LogP contribution in [0.25, 0.3) is 0 Å². The molecule has 2 saturated carbocycles. The van der Waals surface area contributed by atoms with Gasteiger partial charge in [0.15, 0.2) is 5.75 Å². The van der Waals surface area contributed by atoms with Gasteiger partial charge in [-0.2, -0.15) is 13.6 Å². The molecule has 3 N–H and O–H groups in total. The average Bonchev–Trinajstić information content (AvgIpc) is 3.07. The van der Waals surface area contributed by atoms with Crippen LogP contribution in [0, 0.1) is 17.3 Å². The van der Waals surface area contributed by atoms with Gasteiger partial charge in [-0.15, -0.1) is 11.8 Å². The van der Waals surface area contributed by atoms with Crippen molar-refractivity contribution in [3.63, 3.8) is 0 Å². The molecule has 37 heavy (non-hydrogen) atoms. The number of aliphatic hydroxyl groups is 1. The Morgan fingerprint density at radius 2 is 1.81 bits per heavy atom. The molecule has 202 valence electrons. The fraction of sp³-hybridized carbons (Fsp3) is 0.600. The zero-order valence-corrected chi connectivity index (χ0v) is 24.3. The minimum atomic E-state index is -4.07. The molecule has 2 fully saturated rings. The van der Waals surface area contributed by atoms with Gasteiger partial charge in [0.05, 0.1) is 10.5 Å². The van der Waals surface area contributed by atoms with Gasteiger partial charge < -0.3 is 9.29 Å². The highest BCUT2D eigenvalue weighted by Crippen LogP contribution is 2.65. The Hall–Kier alpha value is -1.54. The first kappa shape index (κ1) is 27.0. The minimum Gasteiger partial charge on any atom is -0.389 e. The lowest BCUT2D eigenvalue weighted by molar-refractivity contribution is -0.102. The smallest absolute Gasteiger partial charge is 0.380 e. The molecule has 2 aromatic rings. The Labute approximate surface area is 226 Å². The van der Waals surface area contributed by atoms with E-state index in [0.717, 1.165) is 43.4 Å². The normalized spacial score (nSPS) is 31.4. The topological polar surface area (TPSA) is 89.6 Å². The summed E-state index contributed by atoms with van der Waals surface area (Å²) in [6.07, 6.45) is 8.55. The molecule has 0 aromatic heterocycles. The number of nitrogens with two attached hydrogens (primary N) is 1. The van der Waals surface area contributed by atoms with Crippen molar-refractivity contribution >= 4 is 22.1 Å². The van der Waals surface area contributed by atoms with Gasteiger partial charge in [0.1, 0.15) is 0 Å². The molecule has 7 heteroatoms. The van der Waals surface area contributed by atoms with Crippen molar-refractivity contribution in [3.05, 3.63) is 58.7 Å². The monoisotopic (exact) mass is 543 g/mol. The van der Waals surface area contributed by atoms with Crippen LogP contribution in [-0.2, 0) is 28.6 Å². The zero-order chi connectivity index (χ0) is 26.8. The zero-order valence-electron chi connectivity index (χ0n) is 22.7. The lowest BCUT2D eigenvalue weighted by Gasteiger charge is -2.53. The van der Waals surface area contributed by atoms with Gasteiger partial charge in [0.2, 0.25) is 0 Å². The Morgan fingerprint density at radius 1 is 1.11 bits per heavy atom. The van der Waals surface area contributed by atoms with Gasteiger partial charge in [-0.1, -0.05) is 52.0 Å². The Bertz CT molecular complexity index is 1280. The summed E-state index contributed by atoms with van der Waals surface area (Å²) in [7, 11) is -4.07. The first-order valence-electron chi connectivity index (χ1n) is 13.5. The van der Waals surface area contributed by atoms with E-state index in [0.29, 0.717) is 29.9 Å². The van der Waals surface area contributed by atoms with Gasteiger partial charge in [-0.05, 0) is 108 Å². The van der Waals surface area contributed by atoms with E-state index >= 15 is 0 Å². The molecule has 5 atom stereocenters.